The van der Waals surface area contributed by atoms with Gasteiger partial charge in [0.15, 0.2) is 0 Å². The fraction of sp³-hybridized carbons (Fsp3) is 0.273. The number of aromatic nitrogens is 2. The van der Waals surface area contributed by atoms with E-state index < -0.39 is 5.82 Å². The van der Waals surface area contributed by atoms with Gasteiger partial charge in [-0.3, -0.25) is 0 Å². The lowest BCUT2D eigenvalue weighted by molar-refractivity contribution is 0.281. The molecule has 90 valence electrons. The Morgan fingerprint density at radius 1 is 1.47 bits per heavy atom. The molecule has 0 saturated heterocycles. The Bertz CT molecular complexity index is 489. The highest BCUT2D eigenvalue weighted by atomic mass is 32.1. The molecule has 0 saturated carbocycles. The number of anilines is 1. The Labute approximate surface area is 102 Å². The number of aliphatic hydroxyl groups excluding tert-OH is 1. The second-order valence-corrected chi connectivity index (χ2v) is 4.35. The molecule has 0 aliphatic heterocycles. The van der Waals surface area contributed by atoms with Crippen molar-refractivity contribution in [2.24, 2.45) is 0 Å². The van der Waals surface area contributed by atoms with Crippen LogP contribution in [0.4, 0.5) is 10.2 Å². The number of halogens is 1. The van der Waals surface area contributed by atoms with Crippen LogP contribution in [0.3, 0.4) is 0 Å². The monoisotopic (exact) mass is 253 g/mol. The lowest BCUT2D eigenvalue weighted by atomic mass is 10.2. The molecule has 2 rings (SSSR count). The fourth-order valence-corrected chi connectivity index (χ4v) is 2.12. The lowest BCUT2D eigenvalue weighted by Gasteiger charge is -2.19. The van der Waals surface area contributed by atoms with E-state index in [1.54, 1.807) is 5.51 Å². The van der Waals surface area contributed by atoms with Crippen molar-refractivity contribution in [1.82, 2.24) is 9.97 Å². The summed E-state index contributed by atoms with van der Waals surface area (Å²) in [7, 11) is 1.83. The summed E-state index contributed by atoms with van der Waals surface area (Å²) >= 11 is 1.52. The van der Waals surface area contributed by atoms with Crippen LogP contribution in [-0.2, 0) is 13.2 Å². The van der Waals surface area contributed by atoms with Gasteiger partial charge in [-0.1, -0.05) is 0 Å². The molecule has 0 aliphatic rings. The van der Waals surface area contributed by atoms with E-state index in [1.807, 2.05) is 17.3 Å². The second-order valence-electron chi connectivity index (χ2n) is 3.63. The van der Waals surface area contributed by atoms with Crippen LogP contribution < -0.4 is 4.90 Å². The zero-order valence-corrected chi connectivity index (χ0v) is 10.1. The van der Waals surface area contributed by atoms with Crippen LogP contribution in [0.2, 0.25) is 0 Å². The standard InChI is InChI=1S/C11H12FN3OS/c1-15(4-10-6-17-7-14-10)11-8(5-16)2-9(12)3-13-11/h2-3,6-7,16H,4-5H2,1H3. The van der Waals surface area contributed by atoms with Crippen LogP contribution >= 0.6 is 11.3 Å². The van der Waals surface area contributed by atoms with Gasteiger partial charge in [0.25, 0.3) is 0 Å². The highest BCUT2D eigenvalue weighted by Crippen LogP contribution is 2.19. The van der Waals surface area contributed by atoms with Gasteiger partial charge >= 0.3 is 0 Å². The quantitative estimate of drug-likeness (QED) is 0.902. The van der Waals surface area contributed by atoms with Crippen molar-refractivity contribution < 1.29 is 9.50 Å². The van der Waals surface area contributed by atoms with Crippen LogP contribution in [0.1, 0.15) is 11.3 Å². The Morgan fingerprint density at radius 2 is 2.29 bits per heavy atom. The Hall–Kier alpha value is -1.53. The van der Waals surface area contributed by atoms with Gasteiger partial charge in [0.1, 0.15) is 11.6 Å². The smallest absolute Gasteiger partial charge is 0.142 e. The minimum absolute atomic E-state index is 0.235. The molecule has 0 aromatic carbocycles. The molecule has 0 amide bonds. The van der Waals surface area contributed by atoms with Crippen LogP contribution in [-0.4, -0.2) is 22.1 Å². The first-order valence-corrected chi connectivity index (χ1v) is 5.98. The molecule has 1 N–H and O–H groups in total. The van der Waals surface area contributed by atoms with Crippen molar-refractivity contribution in [3.05, 3.63) is 40.2 Å². The minimum Gasteiger partial charge on any atom is -0.392 e. The molecule has 0 unspecified atom stereocenters. The van der Waals surface area contributed by atoms with Crippen molar-refractivity contribution in [1.29, 1.82) is 0 Å². The lowest BCUT2D eigenvalue weighted by Crippen LogP contribution is -2.19. The molecule has 2 heterocycles. The third-order valence-electron chi connectivity index (χ3n) is 2.32. The highest BCUT2D eigenvalue weighted by Gasteiger charge is 2.11. The summed E-state index contributed by atoms with van der Waals surface area (Å²) in [5.74, 6) is 0.127. The maximum atomic E-state index is 13.0. The summed E-state index contributed by atoms with van der Waals surface area (Å²) in [4.78, 5) is 10.00. The van der Waals surface area contributed by atoms with Gasteiger partial charge in [-0.15, -0.1) is 11.3 Å². The maximum Gasteiger partial charge on any atom is 0.142 e. The average molecular weight is 253 g/mol. The van der Waals surface area contributed by atoms with Gasteiger partial charge < -0.3 is 10.0 Å². The number of rotatable bonds is 4. The third kappa shape index (κ3) is 2.78. The molecule has 2 aromatic rings. The average Bonchev–Trinajstić information content (AvgIpc) is 2.81. The topological polar surface area (TPSA) is 49.2 Å². The summed E-state index contributed by atoms with van der Waals surface area (Å²) in [6.45, 7) is 0.344. The maximum absolute atomic E-state index is 13.0. The summed E-state index contributed by atoms with van der Waals surface area (Å²) in [6, 6.07) is 1.29. The largest absolute Gasteiger partial charge is 0.392 e. The zero-order valence-electron chi connectivity index (χ0n) is 9.30. The van der Waals surface area contributed by atoms with Crippen LogP contribution in [0.25, 0.3) is 0 Å². The molecular formula is C11H12FN3OS. The number of aliphatic hydroxyl groups is 1. The molecule has 17 heavy (non-hydrogen) atoms. The number of pyridine rings is 1. The first kappa shape index (κ1) is 11.9. The number of thiazole rings is 1. The van der Waals surface area contributed by atoms with E-state index >= 15 is 0 Å². The molecule has 0 spiro atoms. The third-order valence-corrected chi connectivity index (χ3v) is 2.96. The summed E-state index contributed by atoms with van der Waals surface area (Å²) in [5, 5.41) is 11.1. The van der Waals surface area contributed by atoms with E-state index in [1.165, 1.54) is 17.4 Å². The molecule has 2 aromatic heterocycles. The minimum atomic E-state index is -0.445. The van der Waals surface area contributed by atoms with Gasteiger partial charge in [0.05, 0.1) is 30.6 Å². The Morgan fingerprint density at radius 3 is 2.94 bits per heavy atom. The van der Waals surface area contributed by atoms with Gasteiger partial charge in [-0.2, -0.15) is 0 Å². The zero-order chi connectivity index (χ0) is 12.3. The molecule has 4 nitrogen and oxygen atoms in total. The SMILES string of the molecule is CN(Cc1cscn1)c1ncc(F)cc1CO. The van der Waals surface area contributed by atoms with E-state index in [0.717, 1.165) is 11.9 Å². The molecular weight excluding hydrogens is 241 g/mol. The molecule has 0 bridgehead atoms. The molecule has 6 heteroatoms. The summed E-state index contributed by atoms with van der Waals surface area (Å²) < 4.78 is 13.0. The van der Waals surface area contributed by atoms with E-state index in [0.29, 0.717) is 17.9 Å². The predicted octanol–water partition coefficient (Wildman–Crippen LogP) is 1.81. The number of nitrogens with zero attached hydrogens (tertiary/aromatic N) is 3. The Balaban J connectivity index is 2.21. The molecule has 0 radical (unpaired) electrons. The van der Waals surface area contributed by atoms with Crippen LogP contribution in [0.15, 0.2) is 23.2 Å². The van der Waals surface area contributed by atoms with Gasteiger partial charge in [0, 0.05) is 18.0 Å². The van der Waals surface area contributed by atoms with Crippen molar-refractivity contribution in [3.8, 4) is 0 Å². The van der Waals surface area contributed by atoms with Gasteiger partial charge in [-0.05, 0) is 6.07 Å². The molecule has 0 aliphatic carbocycles. The number of hydrogen-bond acceptors (Lipinski definition) is 5. The second kappa shape index (κ2) is 5.20. The normalized spacial score (nSPS) is 10.5. The van der Waals surface area contributed by atoms with Crippen molar-refractivity contribution in [2.45, 2.75) is 13.2 Å². The first-order valence-electron chi connectivity index (χ1n) is 5.04. The predicted molar refractivity (Wildman–Crippen MR) is 64.3 cm³/mol. The Kier molecular flexibility index (Phi) is 3.65. The first-order chi connectivity index (χ1) is 8.20. The highest BCUT2D eigenvalue weighted by molar-refractivity contribution is 7.07. The fourth-order valence-electron chi connectivity index (χ4n) is 1.57. The van der Waals surface area contributed by atoms with Crippen molar-refractivity contribution >= 4 is 17.2 Å². The van der Waals surface area contributed by atoms with E-state index in [9.17, 15) is 9.50 Å². The summed E-state index contributed by atoms with van der Waals surface area (Å²) in [5.41, 5.74) is 3.16. The molecule has 0 fully saturated rings. The van der Waals surface area contributed by atoms with E-state index in [2.05, 4.69) is 9.97 Å². The van der Waals surface area contributed by atoms with Crippen molar-refractivity contribution in [2.75, 3.05) is 11.9 Å². The van der Waals surface area contributed by atoms with E-state index in [-0.39, 0.29) is 6.61 Å². The van der Waals surface area contributed by atoms with Gasteiger partial charge in [0.2, 0.25) is 0 Å². The summed E-state index contributed by atoms with van der Waals surface area (Å²) in [6.07, 6.45) is 1.14. The number of hydrogen-bond donors (Lipinski definition) is 1. The molecule has 0 atom stereocenters. The van der Waals surface area contributed by atoms with E-state index in [4.69, 9.17) is 0 Å². The van der Waals surface area contributed by atoms with Crippen molar-refractivity contribution in [3.63, 3.8) is 0 Å². The van der Waals surface area contributed by atoms with Gasteiger partial charge in [-0.25, -0.2) is 14.4 Å². The van der Waals surface area contributed by atoms with Crippen LogP contribution in [0.5, 0.6) is 0 Å². The van der Waals surface area contributed by atoms with Crippen LogP contribution in [0, 0.1) is 5.82 Å².